The van der Waals surface area contributed by atoms with Crippen LogP contribution in [0.15, 0.2) is 83.0 Å². The number of hydrogen-bond acceptors (Lipinski definition) is 6. The van der Waals surface area contributed by atoms with E-state index >= 15 is 0 Å². The molecule has 0 saturated carbocycles. The molecule has 0 N–H and O–H groups in total. The molecule has 0 unspecified atom stereocenters. The zero-order chi connectivity index (χ0) is 23.2. The average molecular weight is 469 g/mol. The maximum absolute atomic E-state index is 13.5. The van der Waals surface area contributed by atoms with Gasteiger partial charge in [-0.3, -0.25) is 9.20 Å². The van der Waals surface area contributed by atoms with Gasteiger partial charge >= 0.3 is 0 Å². The highest BCUT2D eigenvalue weighted by atomic mass is 32.2. The van der Waals surface area contributed by atoms with E-state index in [1.54, 1.807) is 11.7 Å². The van der Waals surface area contributed by atoms with Crippen molar-refractivity contribution in [3.63, 3.8) is 0 Å². The summed E-state index contributed by atoms with van der Waals surface area (Å²) in [6, 6.07) is 19.0. The predicted octanol–water partition coefficient (Wildman–Crippen LogP) is 4.29. The standard InChI is InChI=1S/C25H20N6O2S/c1-16-7-6-12-29-14-17(26-22(16)29)15-34-25-28-27-24-30(18-8-5-9-19(13-18)33-2)23(32)20-10-3-4-11-21(20)31(24)25/h3-14H,15H2,1-2H3. The summed E-state index contributed by atoms with van der Waals surface area (Å²) in [6.45, 7) is 2.05. The van der Waals surface area contributed by atoms with E-state index in [-0.39, 0.29) is 5.56 Å². The topological polar surface area (TPSA) is 78.7 Å². The molecule has 8 nitrogen and oxygen atoms in total. The van der Waals surface area contributed by atoms with E-state index in [1.165, 1.54) is 11.8 Å². The second kappa shape index (κ2) is 8.03. The summed E-state index contributed by atoms with van der Waals surface area (Å²) in [5.74, 6) is 1.73. The molecule has 9 heteroatoms. The third-order valence-corrected chi connectivity index (χ3v) is 6.75. The van der Waals surface area contributed by atoms with Crippen molar-refractivity contribution in [2.24, 2.45) is 0 Å². The minimum Gasteiger partial charge on any atom is -0.497 e. The molecular weight excluding hydrogens is 448 g/mol. The fourth-order valence-corrected chi connectivity index (χ4v) is 4.99. The van der Waals surface area contributed by atoms with E-state index < -0.39 is 0 Å². The molecule has 168 valence electrons. The zero-order valence-corrected chi connectivity index (χ0v) is 19.4. The number of rotatable bonds is 5. The highest BCUT2D eigenvalue weighted by Crippen LogP contribution is 2.26. The molecule has 0 amide bonds. The molecule has 4 aromatic heterocycles. The van der Waals surface area contributed by atoms with Gasteiger partial charge in [0.25, 0.3) is 5.56 Å². The first-order chi connectivity index (χ1) is 16.6. The van der Waals surface area contributed by atoms with Gasteiger partial charge in [-0.15, -0.1) is 10.2 Å². The molecule has 0 aliphatic rings. The Hall–Kier alpha value is -4.11. The zero-order valence-electron chi connectivity index (χ0n) is 18.5. The van der Waals surface area contributed by atoms with Crippen LogP contribution in [0, 0.1) is 6.92 Å². The van der Waals surface area contributed by atoms with Crippen molar-refractivity contribution in [2.75, 3.05) is 7.11 Å². The Morgan fingerprint density at radius 2 is 1.91 bits per heavy atom. The quantitative estimate of drug-likeness (QED) is 0.351. The fraction of sp³-hybridized carbons (Fsp3) is 0.120. The van der Waals surface area contributed by atoms with Crippen LogP contribution < -0.4 is 10.3 Å². The van der Waals surface area contributed by atoms with Gasteiger partial charge in [0.15, 0.2) is 5.16 Å². The number of pyridine rings is 1. The first kappa shape index (κ1) is 20.5. The number of thioether (sulfide) groups is 1. The van der Waals surface area contributed by atoms with E-state index in [4.69, 9.17) is 9.72 Å². The van der Waals surface area contributed by atoms with Crippen molar-refractivity contribution in [3.8, 4) is 11.4 Å². The molecule has 34 heavy (non-hydrogen) atoms. The lowest BCUT2D eigenvalue weighted by Gasteiger charge is -2.12. The van der Waals surface area contributed by atoms with Crippen LogP contribution in [0.25, 0.3) is 28.0 Å². The van der Waals surface area contributed by atoms with Gasteiger partial charge in [-0.1, -0.05) is 36.0 Å². The Kier molecular flexibility index (Phi) is 4.84. The van der Waals surface area contributed by atoms with E-state index in [2.05, 4.69) is 23.2 Å². The van der Waals surface area contributed by atoms with Crippen LogP contribution in [0.4, 0.5) is 0 Å². The fourth-order valence-electron chi connectivity index (χ4n) is 4.17. The SMILES string of the molecule is COc1cccc(-n2c(=O)c3ccccc3n3c(SCc4cn5cccc(C)c5n4)nnc23)c1. The van der Waals surface area contributed by atoms with Gasteiger partial charge in [-0.25, -0.2) is 9.55 Å². The van der Waals surface area contributed by atoms with Crippen LogP contribution in [0.1, 0.15) is 11.3 Å². The second-order valence-electron chi connectivity index (χ2n) is 7.92. The number of imidazole rings is 1. The van der Waals surface area contributed by atoms with Crippen LogP contribution in [0.5, 0.6) is 5.75 Å². The monoisotopic (exact) mass is 468 g/mol. The number of methoxy groups -OCH3 is 1. The third-order valence-electron chi connectivity index (χ3n) is 5.78. The van der Waals surface area contributed by atoms with Crippen molar-refractivity contribution >= 4 is 34.1 Å². The summed E-state index contributed by atoms with van der Waals surface area (Å²) in [6.07, 6.45) is 4.03. The van der Waals surface area contributed by atoms with Gasteiger partial charge in [0.2, 0.25) is 5.78 Å². The maximum Gasteiger partial charge on any atom is 0.267 e. The van der Waals surface area contributed by atoms with Crippen molar-refractivity contribution < 1.29 is 4.74 Å². The highest BCUT2D eigenvalue weighted by Gasteiger charge is 2.18. The number of ether oxygens (including phenoxy) is 1. The normalized spacial score (nSPS) is 11.6. The van der Waals surface area contributed by atoms with Crippen LogP contribution in [-0.2, 0) is 5.75 Å². The number of aromatic nitrogens is 6. The van der Waals surface area contributed by atoms with Crippen molar-refractivity contribution in [1.82, 2.24) is 28.5 Å². The Morgan fingerprint density at radius 1 is 1.03 bits per heavy atom. The number of aryl methyl sites for hydroxylation is 1. The summed E-state index contributed by atoms with van der Waals surface area (Å²) < 4.78 is 10.9. The van der Waals surface area contributed by atoms with Crippen molar-refractivity contribution in [2.45, 2.75) is 17.8 Å². The molecule has 0 saturated heterocycles. The lowest BCUT2D eigenvalue weighted by molar-refractivity contribution is 0.414. The largest absolute Gasteiger partial charge is 0.497 e. The van der Waals surface area contributed by atoms with Gasteiger partial charge in [0.1, 0.15) is 11.4 Å². The van der Waals surface area contributed by atoms with E-state index in [1.807, 2.05) is 75.8 Å². The number of hydrogen-bond donors (Lipinski definition) is 0. The molecule has 0 aliphatic carbocycles. The smallest absolute Gasteiger partial charge is 0.267 e. The summed E-state index contributed by atoms with van der Waals surface area (Å²) in [4.78, 5) is 18.3. The van der Waals surface area contributed by atoms with Crippen LogP contribution >= 0.6 is 11.8 Å². The molecule has 0 bridgehead atoms. The Labute approximate surface area is 198 Å². The van der Waals surface area contributed by atoms with Gasteiger partial charge < -0.3 is 9.14 Å². The number of para-hydroxylation sites is 1. The molecule has 0 spiro atoms. The molecule has 2 aromatic carbocycles. The molecule has 6 aromatic rings. The lowest BCUT2D eigenvalue weighted by atomic mass is 10.2. The Bertz CT molecular complexity index is 1750. The molecule has 6 rings (SSSR count). The molecule has 0 fully saturated rings. The van der Waals surface area contributed by atoms with Crippen molar-refractivity contribution in [1.29, 1.82) is 0 Å². The average Bonchev–Trinajstić information content (AvgIpc) is 3.48. The number of nitrogens with zero attached hydrogens (tertiary/aromatic N) is 6. The minimum absolute atomic E-state index is 0.156. The number of benzene rings is 2. The summed E-state index contributed by atoms with van der Waals surface area (Å²) in [5.41, 5.74) is 4.29. The van der Waals surface area contributed by atoms with Gasteiger partial charge in [0, 0.05) is 24.2 Å². The van der Waals surface area contributed by atoms with E-state index in [9.17, 15) is 4.79 Å². The lowest BCUT2D eigenvalue weighted by Crippen LogP contribution is -2.21. The summed E-state index contributed by atoms with van der Waals surface area (Å²) >= 11 is 1.54. The van der Waals surface area contributed by atoms with E-state index in [0.717, 1.165) is 22.4 Å². The first-order valence-electron chi connectivity index (χ1n) is 10.7. The van der Waals surface area contributed by atoms with Gasteiger partial charge in [-0.2, -0.15) is 0 Å². The first-order valence-corrected chi connectivity index (χ1v) is 11.7. The molecule has 4 heterocycles. The summed E-state index contributed by atoms with van der Waals surface area (Å²) in [7, 11) is 1.60. The predicted molar refractivity (Wildman–Crippen MR) is 132 cm³/mol. The van der Waals surface area contributed by atoms with Gasteiger partial charge in [0.05, 0.1) is 29.4 Å². The Morgan fingerprint density at radius 3 is 2.76 bits per heavy atom. The molecule has 0 aliphatic heterocycles. The van der Waals surface area contributed by atoms with Gasteiger partial charge in [-0.05, 0) is 42.8 Å². The molecule has 0 atom stereocenters. The Balaban J connectivity index is 1.50. The molecule has 0 radical (unpaired) electrons. The van der Waals surface area contributed by atoms with E-state index in [0.29, 0.717) is 33.5 Å². The maximum atomic E-state index is 13.5. The third kappa shape index (κ3) is 3.24. The number of fused-ring (bicyclic) bond motifs is 4. The highest BCUT2D eigenvalue weighted by molar-refractivity contribution is 7.98. The van der Waals surface area contributed by atoms with Crippen LogP contribution in [0.2, 0.25) is 0 Å². The summed E-state index contributed by atoms with van der Waals surface area (Å²) in [5, 5.41) is 10.1. The second-order valence-corrected chi connectivity index (χ2v) is 8.86. The minimum atomic E-state index is -0.156. The van der Waals surface area contributed by atoms with Crippen LogP contribution in [0.3, 0.4) is 0 Å². The van der Waals surface area contributed by atoms with Crippen molar-refractivity contribution in [3.05, 3.63) is 94.7 Å². The van der Waals surface area contributed by atoms with Crippen LogP contribution in [-0.4, -0.2) is 35.7 Å². The molecular formula is C25H20N6O2S.